The molecule has 0 aliphatic carbocycles. The van der Waals surface area contributed by atoms with Gasteiger partial charge in [0.15, 0.2) is 0 Å². The van der Waals surface area contributed by atoms with Crippen LogP contribution in [0.15, 0.2) is 76.1 Å². The lowest BCUT2D eigenvalue weighted by Crippen LogP contribution is -2.14. The van der Waals surface area contributed by atoms with Gasteiger partial charge in [-0.3, -0.25) is 9.78 Å². The lowest BCUT2D eigenvalue weighted by Gasteiger charge is -2.08. The number of thioether (sulfide) groups is 1. The number of aryl methyl sites for hydroxylation is 2. The standard InChI is InChI=1S/C27H25N3O4S/c1-5-34-27(33)23-24(31)22(35-26(23)29-25(32)21-11-7-6-9-16(21)2)14-19-13-17(3)30(18(19)4)20-10-8-12-28-15-20/h6-15,31H,5H2,1-4H3/b22-14-,29-26?. The summed E-state index contributed by atoms with van der Waals surface area (Å²) in [7, 11) is 0. The van der Waals surface area contributed by atoms with Gasteiger partial charge in [0.25, 0.3) is 5.91 Å². The van der Waals surface area contributed by atoms with Crippen LogP contribution in [0.3, 0.4) is 0 Å². The maximum atomic E-state index is 12.9. The van der Waals surface area contributed by atoms with Crippen LogP contribution in [-0.4, -0.2) is 38.2 Å². The summed E-state index contributed by atoms with van der Waals surface area (Å²) in [5, 5.41) is 11.1. The third-order valence-electron chi connectivity index (χ3n) is 5.61. The van der Waals surface area contributed by atoms with E-state index in [1.807, 2.05) is 51.1 Å². The van der Waals surface area contributed by atoms with Crippen LogP contribution in [0.5, 0.6) is 0 Å². The third-order valence-corrected chi connectivity index (χ3v) is 6.63. The summed E-state index contributed by atoms with van der Waals surface area (Å²) in [6.07, 6.45) is 5.28. The van der Waals surface area contributed by atoms with Crippen LogP contribution in [0.1, 0.15) is 39.8 Å². The molecule has 1 amide bonds. The highest BCUT2D eigenvalue weighted by molar-refractivity contribution is 8.18. The maximum Gasteiger partial charge on any atom is 0.344 e. The molecule has 0 bridgehead atoms. The van der Waals surface area contributed by atoms with Crippen LogP contribution in [0.2, 0.25) is 0 Å². The topological polar surface area (TPSA) is 93.8 Å². The minimum Gasteiger partial charge on any atom is -0.506 e. The molecule has 35 heavy (non-hydrogen) atoms. The number of carbonyl (C=O) groups excluding carboxylic acids is 2. The van der Waals surface area contributed by atoms with E-state index in [-0.39, 0.29) is 23.0 Å². The Morgan fingerprint density at radius 1 is 1.17 bits per heavy atom. The van der Waals surface area contributed by atoms with E-state index < -0.39 is 11.9 Å². The van der Waals surface area contributed by atoms with Crippen LogP contribution >= 0.6 is 11.8 Å². The fraction of sp³-hybridized carbons (Fsp3) is 0.185. The summed E-state index contributed by atoms with van der Waals surface area (Å²) in [6.45, 7) is 7.58. The molecule has 1 N–H and O–H groups in total. The van der Waals surface area contributed by atoms with Gasteiger partial charge in [0.1, 0.15) is 16.4 Å². The molecule has 1 aliphatic rings. The smallest absolute Gasteiger partial charge is 0.344 e. The molecule has 7 nitrogen and oxygen atoms in total. The second kappa shape index (κ2) is 10.1. The highest BCUT2D eigenvalue weighted by Crippen LogP contribution is 2.40. The summed E-state index contributed by atoms with van der Waals surface area (Å²) in [5.41, 5.74) is 4.80. The van der Waals surface area contributed by atoms with E-state index in [0.29, 0.717) is 10.5 Å². The van der Waals surface area contributed by atoms with E-state index in [9.17, 15) is 14.7 Å². The Morgan fingerprint density at radius 2 is 1.94 bits per heavy atom. The van der Waals surface area contributed by atoms with Gasteiger partial charge in [0.2, 0.25) is 0 Å². The number of aliphatic hydroxyl groups excluding tert-OH is 1. The number of rotatable bonds is 5. The molecule has 0 radical (unpaired) electrons. The molecule has 0 saturated carbocycles. The normalized spacial score (nSPS) is 15.8. The minimum atomic E-state index is -0.724. The van der Waals surface area contributed by atoms with E-state index in [2.05, 4.69) is 14.5 Å². The predicted octanol–water partition coefficient (Wildman–Crippen LogP) is 5.50. The van der Waals surface area contributed by atoms with Crippen LogP contribution in [-0.2, 0) is 9.53 Å². The van der Waals surface area contributed by atoms with E-state index in [0.717, 1.165) is 40.0 Å². The molecule has 0 spiro atoms. The first-order valence-electron chi connectivity index (χ1n) is 11.1. The molecule has 3 heterocycles. The average molecular weight is 488 g/mol. The van der Waals surface area contributed by atoms with Crippen LogP contribution < -0.4 is 0 Å². The summed E-state index contributed by atoms with van der Waals surface area (Å²) >= 11 is 1.07. The van der Waals surface area contributed by atoms with Crippen molar-refractivity contribution in [3.8, 4) is 5.69 Å². The predicted molar refractivity (Wildman–Crippen MR) is 138 cm³/mol. The van der Waals surface area contributed by atoms with Gasteiger partial charge in [0, 0.05) is 23.1 Å². The van der Waals surface area contributed by atoms with Gasteiger partial charge in [-0.05, 0) is 69.2 Å². The first-order chi connectivity index (χ1) is 16.8. The Morgan fingerprint density at radius 3 is 2.63 bits per heavy atom. The molecule has 1 aromatic carbocycles. The summed E-state index contributed by atoms with van der Waals surface area (Å²) in [4.78, 5) is 34.4. The number of carbonyl (C=O) groups is 2. The zero-order valence-corrected chi connectivity index (χ0v) is 20.7. The molecule has 0 atom stereocenters. The monoisotopic (exact) mass is 487 g/mol. The summed E-state index contributed by atoms with van der Waals surface area (Å²) in [6, 6.07) is 12.9. The Balaban J connectivity index is 1.76. The maximum absolute atomic E-state index is 12.9. The van der Waals surface area contributed by atoms with Crippen molar-refractivity contribution in [2.45, 2.75) is 27.7 Å². The number of hydrogen-bond donors (Lipinski definition) is 1. The number of aliphatic imine (C=N–C) groups is 1. The molecule has 1 aliphatic heterocycles. The fourth-order valence-electron chi connectivity index (χ4n) is 3.92. The van der Waals surface area contributed by atoms with Crippen molar-refractivity contribution >= 4 is 34.8 Å². The number of nitrogens with zero attached hydrogens (tertiary/aromatic N) is 3. The number of pyridine rings is 1. The molecule has 0 unspecified atom stereocenters. The van der Waals surface area contributed by atoms with Gasteiger partial charge in [-0.1, -0.05) is 30.0 Å². The van der Waals surface area contributed by atoms with Crippen molar-refractivity contribution in [2.24, 2.45) is 4.99 Å². The average Bonchev–Trinajstić information content (AvgIpc) is 3.29. The zero-order chi connectivity index (χ0) is 25.1. The highest BCUT2D eigenvalue weighted by Gasteiger charge is 2.34. The number of benzene rings is 1. The Labute approximate surface area is 207 Å². The van der Waals surface area contributed by atoms with Gasteiger partial charge in [-0.2, -0.15) is 0 Å². The van der Waals surface area contributed by atoms with Crippen molar-refractivity contribution in [3.05, 3.63) is 99.2 Å². The molecule has 0 saturated heterocycles. The summed E-state index contributed by atoms with van der Waals surface area (Å²) < 4.78 is 7.20. The third kappa shape index (κ3) is 4.83. The Bertz CT molecular complexity index is 1400. The van der Waals surface area contributed by atoms with E-state index >= 15 is 0 Å². The van der Waals surface area contributed by atoms with Crippen molar-refractivity contribution in [3.63, 3.8) is 0 Å². The molecule has 2 aromatic heterocycles. The number of aliphatic hydroxyl groups is 1. The van der Waals surface area contributed by atoms with Gasteiger partial charge < -0.3 is 14.4 Å². The minimum absolute atomic E-state index is 0.105. The molecule has 4 rings (SSSR count). The van der Waals surface area contributed by atoms with Gasteiger partial charge in [0.05, 0.1) is 23.4 Å². The molecular weight excluding hydrogens is 462 g/mol. The SMILES string of the molecule is CCOC(=O)C1=C(O)/C(=C/c2cc(C)n(-c3cccnc3)c2C)SC1=NC(=O)c1ccccc1C. The van der Waals surface area contributed by atoms with Crippen molar-refractivity contribution in [1.29, 1.82) is 0 Å². The first-order valence-corrected chi connectivity index (χ1v) is 11.9. The number of ether oxygens (including phenoxy) is 1. The first kappa shape index (κ1) is 24.2. The molecule has 0 fully saturated rings. The molecular formula is C27H25N3O4S. The number of esters is 1. The van der Waals surface area contributed by atoms with Gasteiger partial charge in [-0.25, -0.2) is 9.79 Å². The largest absolute Gasteiger partial charge is 0.506 e. The molecule has 178 valence electrons. The van der Waals surface area contributed by atoms with Crippen molar-refractivity contribution in [2.75, 3.05) is 6.61 Å². The van der Waals surface area contributed by atoms with E-state index in [4.69, 9.17) is 4.74 Å². The van der Waals surface area contributed by atoms with Gasteiger partial charge >= 0.3 is 5.97 Å². The number of amides is 1. The van der Waals surface area contributed by atoms with Crippen LogP contribution in [0, 0.1) is 20.8 Å². The van der Waals surface area contributed by atoms with E-state index in [1.165, 1.54) is 0 Å². The fourth-order valence-corrected chi connectivity index (χ4v) is 4.92. The number of aromatic nitrogens is 2. The van der Waals surface area contributed by atoms with Crippen molar-refractivity contribution < 1.29 is 19.4 Å². The second-order valence-electron chi connectivity index (χ2n) is 7.96. The Hall–Kier alpha value is -3.91. The second-order valence-corrected chi connectivity index (χ2v) is 9.00. The Kier molecular flexibility index (Phi) is 7.02. The lowest BCUT2D eigenvalue weighted by atomic mass is 10.1. The van der Waals surface area contributed by atoms with Crippen LogP contribution in [0.25, 0.3) is 11.8 Å². The molecule has 3 aromatic rings. The molecule has 8 heteroatoms. The zero-order valence-electron chi connectivity index (χ0n) is 19.9. The lowest BCUT2D eigenvalue weighted by molar-refractivity contribution is -0.138. The highest BCUT2D eigenvalue weighted by atomic mass is 32.2. The number of hydrogen-bond acceptors (Lipinski definition) is 6. The van der Waals surface area contributed by atoms with E-state index in [1.54, 1.807) is 37.5 Å². The van der Waals surface area contributed by atoms with Gasteiger partial charge in [-0.15, -0.1) is 0 Å². The van der Waals surface area contributed by atoms with Crippen LogP contribution in [0.4, 0.5) is 0 Å². The quantitative estimate of drug-likeness (QED) is 0.478. The summed E-state index contributed by atoms with van der Waals surface area (Å²) in [5.74, 6) is -1.47. The van der Waals surface area contributed by atoms with Crippen molar-refractivity contribution in [1.82, 2.24) is 9.55 Å².